The molecule has 10 heteroatoms. The molecule has 2 aliphatic heterocycles. The number of benzene rings is 1. The number of thiophene rings is 1. The van der Waals surface area contributed by atoms with Crippen molar-refractivity contribution in [2.45, 2.75) is 17.9 Å². The van der Waals surface area contributed by atoms with Gasteiger partial charge < -0.3 is 14.0 Å². The van der Waals surface area contributed by atoms with E-state index in [2.05, 4.69) is 10.1 Å². The van der Waals surface area contributed by atoms with E-state index in [1.807, 2.05) is 23.6 Å². The van der Waals surface area contributed by atoms with Gasteiger partial charge in [-0.25, -0.2) is 8.42 Å². The summed E-state index contributed by atoms with van der Waals surface area (Å²) < 4.78 is 44.5. The van der Waals surface area contributed by atoms with Gasteiger partial charge in [0.15, 0.2) is 17.3 Å². The van der Waals surface area contributed by atoms with Gasteiger partial charge in [-0.1, -0.05) is 11.2 Å². The summed E-state index contributed by atoms with van der Waals surface area (Å²) in [4.78, 5) is 3.47. The van der Waals surface area contributed by atoms with Gasteiger partial charge in [-0.3, -0.25) is 4.90 Å². The van der Waals surface area contributed by atoms with E-state index in [1.165, 1.54) is 4.31 Å². The Morgan fingerprint density at radius 2 is 1.81 bits per heavy atom. The number of ether oxygens (including phenoxy) is 2. The van der Waals surface area contributed by atoms with Crippen molar-refractivity contribution >= 4 is 21.4 Å². The number of fused-ring (bicyclic) bond motifs is 1. The van der Waals surface area contributed by atoms with Crippen LogP contribution in [0.25, 0.3) is 10.6 Å². The Hall–Kier alpha value is -2.40. The summed E-state index contributed by atoms with van der Waals surface area (Å²) in [5.41, 5.74) is 0.850. The van der Waals surface area contributed by atoms with Gasteiger partial charge in [0.05, 0.1) is 28.7 Å². The number of rotatable bonds is 5. The van der Waals surface area contributed by atoms with Gasteiger partial charge in [0.25, 0.3) is 0 Å². The van der Waals surface area contributed by atoms with Gasteiger partial charge in [-0.15, -0.1) is 11.3 Å². The molecule has 4 heterocycles. The molecule has 2 aliphatic rings. The maximum Gasteiger partial charge on any atom is 0.243 e. The Labute approximate surface area is 185 Å². The molecule has 1 saturated heterocycles. The fourth-order valence-corrected chi connectivity index (χ4v) is 5.84. The molecule has 5 rings (SSSR count). The first kappa shape index (κ1) is 20.5. The second kappa shape index (κ2) is 8.62. The zero-order valence-corrected chi connectivity index (χ0v) is 18.5. The zero-order chi connectivity index (χ0) is 21.3. The molecule has 0 atom stereocenters. The van der Waals surface area contributed by atoms with Crippen molar-refractivity contribution in [1.29, 1.82) is 0 Å². The number of nitrogens with zero attached hydrogens (tertiary/aromatic N) is 3. The van der Waals surface area contributed by atoms with Crippen molar-refractivity contribution in [2.75, 3.05) is 39.4 Å². The second-order valence-corrected chi connectivity index (χ2v) is 10.4. The number of sulfonamides is 1. The molecule has 0 N–H and O–H groups in total. The molecule has 1 fully saturated rings. The normalized spacial score (nSPS) is 18.1. The average molecular weight is 462 g/mol. The molecule has 2 aromatic heterocycles. The fraction of sp³-hybridized carbons (Fsp3) is 0.381. The van der Waals surface area contributed by atoms with E-state index in [4.69, 9.17) is 14.0 Å². The van der Waals surface area contributed by atoms with Crippen molar-refractivity contribution < 1.29 is 22.4 Å². The SMILES string of the molecule is O=S(=O)(c1ccc2c(c1)OCCCO2)N1CCN(Cc2cc(-c3cccs3)on2)CC1. The first-order chi connectivity index (χ1) is 15.1. The molecule has 0 saturated carbocycles. The molecule has 164 valence electrons. The summed E-state index contributed by atoms with van der Waals surface area (Å²) in [5, 5.41) is 6.16. The third-order valence-electron chi connectivity index (χ3n) is 5.40. The van der Waals surface area contributed by atoms with Gasteiger partial charge in [0.1, 0.15) is 0 Å². The van der Waals surface area contributed by atoms with Crippen LogP contribution < -0.4 is 9.47 Å². The van der Waals surface area contributed by atoms with Gasteiger partial charge in [0.2, 0.25) is 10.0 Å². The highest BCUT2D eigenvalue weighted by Crippen LogP contribution is 2.33. The van der Waals surface area contributed by atoms with Crippen molar-refractivity contribution in [3.05, 3.63) is 47.5 Å². The lowest BCUT2D eigenvalue weighted by molar-refractivity contribution is 0.178. The van der Waals surface area contributed by atoms with Crippen LogP contribution >= 0.6 is 11.3 Å². The van der Waals surface area contributed by atoms with E-state index in [0.29, 0.717) is 57.4 Å². The zero-order valence-electron chi connectivity index (χ0n) is 16.9. The fourth-order valence-electron chi connectivity index (χ4n) is 3.73. The molecule has 3 aromatic rings. The van der Waals surface area contributed by atoms with E-state index < -0.39 is 10.0 Å². The van der Waals surface area contributed by atoms with E-state index in [-0.39, 0.29) is 4.90 Å². The van der Waals surface area contributed by atoms with Gasteiger partial charge in [-0.05, 0) is 23.6 Å². The van der Waals surface area contributed by atoms with Crippen LogP contribution in [0.2, 0.25) is 0 Å². The van der Waals surface area contributed by atoms with E-state index in [1.54, 1.807) is 29.5 Å². The maximum absolute atomic E-state index is 13.1. The third kappa shape index (κ3) is 4.33. The van der Waals surface area contributed by atoms with Crippen LogP contribution in [-0.2, 0) is 16.6 Å². The Morgan fingerprint density at radius 3 is 2.58 bits per heavy atom. The smallest absolute Gasteiger partial charge is 0.243 e. The summed E-state index contributed by atoms with van der Waals surface area (Å²) in [6, 6.07) is 10.8. The van der Waals surface area contributed by atoms with Gasteiger partial charge in [0, 0.05) is 51.3 Å². The highest BCUT2D eigenvalue weighted by atomic mass is 32.2. The van der Waals surface area contributed by atoms with Crippen LogP contribution in [0.4, 0.5) is 0 Å². The quantitative estimate of drug-likeness (QED) is 0.577. The number of aromatic nitrogens is 1. The van der Waals surface area contributed by atoms with Crippen LogP contribution in [0.1, 0.15) is 12.1 Å². The maximum atomic E-state index is 13.1. The van der Waals surface area contributed by atoms with Crippen molar-refractivity contribution in [2.24, 2.45) is 0 Å². The highest BCUT2D eigenvalue weighted by molar-refractivity contribution is 7.89. The van der Waals surface area contributed by atoms with Gasteiger partial charge >= 0.3 is 0 Å². The molecule has 0 amide bonds. The summed E-state index contributed by atoms with van der Waals surface area (Å²) in [6.07, 6.45) is 0.777. The lowest BCUT2D eigenvalue weighted by atomic mass is 10.3. The van der Waals surface area contributed by atoms with Crippen molar-refractivity contribution in [3.8, 4) is 22.1 Å². The molecule has 0 spiro atoms. The molecule has 0 radical (unpaired) electrons. The first-order valence-electron chi connectivity index (χ1n) is 10.2. The minimum absolute atomic E-state index is 0.238. The Morgan fingerprint density at radius 1 is 1.00 bits per heavy atom. The molecular weight excluding hydrogens is 438 g/mol. The second-order valence-electron chi connectivity index (χ2n) is 7.50. The van der Waals surface area contributed by atoms with E-state index in [0.717, 1.165) is 22.8 Å². The summed E-state index contributed by atoms with van der Waals surface area (Å²) in [6.45, 7) is 3.83. The Balaban J connectivity index is 1.22. The molecule has 8 nitrogen and oxygen atoms in total. The molecule has 1 aromatic carbocycles. The van der Waals surface area contributed by atoms with Crippen LogP contribution in [0.5, 0.6) is 11.5 Å². The minimum Gasteiger partial charge on any atom is -0.490 e. The van der Waals surface area contributed by atoms with Crippen LogP contribution in [0.3, 0.4) is 0 Å². The highest BCUT2D eigenvalue weighted by Gasteiger charge is 2.30. The van der Waals surface area contributed by atoms with Crippen LogP contribution in [-0.4, -0.2) is 62.2 Å². The van der Waals surface area contributed by atoms with Gasteiger partial charge in [-0.2, -0.15) is 4.31 Å². The van der Waals surface area contributed by atoms with Crippen molar-refractivity contribution in [1.82, 2.24) is 14.4 Å². The minimum atomic E-state index is -3.59. The molecule has 31 heavy (non-hydrogen) atoms. The van der Waals surface area contributed by atoms with E-state index in [9.17, 15) is 8.42 Å². The molecule has 0 unspecified atom stereocenters. The van der Waals surface area contributed by atoms with Crippen LogP contribution in [0, 0.1) is 0 Å². The predicted octanol–water partition coefficient (Wildman–Crippen LogP) is 3.07. The number of hydrogen-bond donors (Lipinski definition) is 0. The first-order valence-corrected chi connectivity index (χ1v) is 12.5. The Bertz CT molecular complexity index is 1140. The molecular formula is C21H23N3O5S2. The summed E-state index contributed by atoms with van der Waals surface area (Å²) in [5.74, 6) is 1.85. The van der Waals surface area contributed by atoms with Crippen LogP contribution in [0.15, 0.2) is 51.2 Å². The van der Waals surface area contributed by atoms with Crippen molar-refractivity contribution in [3.63, 3.8) is 0 Å². The lowest BCUT2D eigenvalue weighted by Gasteiger charge is -2.33. The molecule has 0 bridgehead atoms. The third-order valence-corrected chi connectivity index (χ3v) is 8.18. The largest absolute Gasteiger partial charge is 0.490 e. The molecule has 0 aliphatic carbocycles. The average Bonchev–Trinajstić information content (AvgIpc) is 3.41. The Kier molecular flexibility index (Phi) is 5.70. The summed E-state index contributed by atoms with van der Waals surface area (Å²) in [7, 11) is -3.59. The predicted molar refractivity (Wildman–Crippen MR) is 116 cm³/mol. The standard InChI is InChI=1S/C21H23N3O5S2/c25-31(26,17-4-5-18-19(14-17)28-11-2-10-27-18)24-8-6-23(7-9-24)15-16-13-20(29-22-16)21-3-1-12-30-21/h1,3-5,12-14H,2,6-11,15H2. The number of hydrogen-bond acceptors (Lipinski definition) is 8. The summed E-state index contributed by atoms with van der Waals surface area (Å²) >= 11 is 1.61. The monoisotopic (exact) mass is 461 g/mol. The lowest BCUT2D eigenvalue weighted by Crippen LogP contribution is -2.48. The topological polar surface area (TPSA) is 85.1 Å². The van der Waals surface area contributed by atoms with E-state index >= 15 is 0 Å². The number of piperazine rings is 1.